The van der Waals surface area contributed by atoms with Crippen molar-refractivity contribution >= 4 is 33.4 Å². The van der Waals surface area contributed by atoms with Gasteiger partial charge in [0.15, 0.2) is 0 Å². The number of carbonyl (C=O) groups is 1. The fourth-order valence-electron chi connectivity index (χ4n) is 2.50. The van der Waals surface area contributed by atoms with Gasteiger partial charge in [0.25, 0.3) is 5.91 Å². The number of hydrogen-bond donors (Lipinski definition) is 0. The number of benzene rings is 1. The molecule has 1 aliphatic heterocycles. The smallest absolute Gasteiger partial charge is 0.257 e. The molecular formula is C14H16BrClFNO. The standard InChI is InChI=1S/C14H16BrClFNO/c15-11-4-1-5-12(17)13(11)14(19)18-8-2-3-10(9-18)6-7-16/h1,4-5,10H,2-3,6-9H2. The van der Waals surface area contributed by atoms with E-state index in [1.54, 1.807) is 17.0 Å². The minimum Gasteiger partial charge on any atom is -0.338 e. The molecule has 1 unspecified atom stereocenters. The van der Waals surface area contributed by atoms with Gasteiger partial charge in [-0.05, 0) is 53.2 Å². The van der Waals surface area contributed by atoms with Gasteiger partial charge in [-0.2, -0.15) is 0 Å². The number of alkyl halides is 1. The molecule has 1 aromatic rings. The van der Waals surface area contributed by atoms with Crippen LogP contribution in [0.5, 0.6) is 0 Å². The maximum absolute atomic E-state index is 13.8. The van der Waals surface area contributed by atoms with Crippen LogP contribution >= 0.6 is 27.5 Å². The second kappa shape index (κ2) is 6.71. The van der Waals surface area contributed by atoms with Gasteiger partial charge < -0.3 is 4.90 Å². The van der Waals surface area contributed by atoms with Gasteiger partial charge in [0, 0.05) is 23.4 Å². The van der Waals surface area contributed by atoms with Gasteiger partial charge in [0.05, 0.1) is 5.56 Å². The second-order valence-corrected chi connectivity index (χ2v) is 6.07. The molecule has 0 N–H and O–H groups in total. The third-order valence-electron chi connectivity index (χ3n) is 3.50. The van der Waals surface area contributed by atoms with Gasteiger partial charge in [0.1, 0.15) is 5.82 Å². The Bertz CT molecular complexity index is 447. The molecule has 0 spiro atoms. The summed E-state index contributed by atoms with van der Waals surface area (Å²) in [5, 5.41) is 0. The van der Waals surface area contributed by atoms with E-state index in [4.69, 9.17) is 11.6 Å². The summed E-state index contributed by atoms with van der Waals surface area (Å²) in [5.74, 6) is 0.333. The van der Waals surface area contributed by atoms with E-state index in [1.165, 1.54) is 6.07 Å². The Kier molecular flexibility index (Phi) is 5.22. The van der Waals surface area contributed by atoms with Crippen LogP contribution in [0.15, 0.2) is 22.7 Å². The highest BCUT2D eigenvalue weighted by Crippen LogP contribution is 2.25. The second-order valence-electron chi connectivity index (χ2n) is 4.83. The Morgan fingerprint density at radius 3 is 3.00 bits per heavy atom. The lowest BCUT2D eigenvalue weighted by molar-refractivity contribution is 0.0666. The van der Waals surface area contributed by atoms with Crippen LogP contribution in [0.4, 0.5) is 4.39 Å². The van der Waals surface area contributed by atoms with Gasteiger partial charge in [-0.25, -0.2) is 4.39 Å². The van der Waals surface area contributed by atoms with E-state index in [9.17, 15) is 9.18 Å². The minimum absolute atomic E-state index is 0.133. The molecule has 104 valence electrons. The average molecular weight is 349 g/mol. The van der Waals surface area contributed by atoms with Crippen molar-refractivity contribution < 1.29 is 9.18 Å². The molecule has 5 heteroatoms. The molecule has 1 heterocycles. The zero-order valence-corrected chi connectivity index (χ0v) is 12.9. The van der Waals surface area contributed by atoms with Gasteiger partial charge in [0.2, 0.25) is 0 Å². The summed E-state index contributed by atoms with van der Waals surface area (Å²) in [6.45, 7) is 1.37. The molecule has 0 radical (unpaired) electrons. The zero-order chi connectivity index (χ0) is 13.8. The largest absolute Gasteiger partial charge is 0.338 e. The van der Waals surface area contributed by atoms with E-state index in [0.717, 1.165) is 19.3 Å². The molecule has 1 aliphatic rings. The maximum atomic E-state index is 13.8. The molecule has 0 aliphatic carbocycles. The lowest BCUT2D eigenvalue weighted by atomic mass is 9.95. The van der Waals surface area contributed by atoms with Crippen molar-refractivity contribution in [3.05, 3.63) is 34.1 Å². The predicted molar refractivity (Wildman–Crippen MR) is 78.1 cm³/mol. The number of nitrogens with zero attached hydrogens (tertiary/aromatic N) is 1. The SMILES string of the molecule is O=C(c1c(F)cccc1Br)N1CCCC(CCCl)C1. The fraction of sp³-hybridized carbons (Fsp3) is 0.500. The average Bonchev–Trinajstić information content (AvgIpc) is 2.39. The van der Waals surface area contributed by atoms with Crippen LogP contribution in [0.25, 0.3) is 0 Å². The van der Waals surface area contributed by atoms with Crippen molar-refractivity contribution in [2.24, 2.45) is 5.92 Å². The molecule has 2 nitrogen and oxygen atoms in total. The van der Waals surface area contributed by atoms with Crippen molar-refractivity contribution in [3.8, 4) is 0 Å². The highest BCUT2D eigenvalue weighted by molar-refractivity contribution is 9.10. The minimum atomic E-state index is -0.473. The van der Waals surface area contributed by atoms with E-state index in [0.29, 0.717) is 29.4 Å². The maximum Gasteiger partial charge on any atom is 0.257 e. The van der Waals surface area contributed by atoms with E-state index in [2.05, 4.69) is 15.9 Å². The van der Waals surface area contributed by atoms with Gasteiger partial charge in [-0.3, -0.25) is 4.79 Å². The molecule has 0 bridgehead atoms. The number of hydrogen-bond acceptors (Lipinski definition) is 1. The number of carbonyl (C=O) groups excluding carboxylic acids is 1. The monoisotopic (exact) mass is 347 g/mol. The molecule has 0 saturated carbocycles. The normalized spacial score (nSPS) is 19.5. The van der Waals surface area contributed by atoms with Crippen LogP contribution in [0.3, 0.4) is 0 Å². The van der Waals surface area contributed by atoms with Crippen molar-refractivity contribution in [2.45, 2.75) is 19.3 Å². The molecule has 19 heavy (non-hydrogen) atoms. The van der Waals surface area contributed by atoms with E-state index >= 15 is 0 Å². The molecule has 1 atom stereocenters. The molecule has 2 rings (SSSR count). The first-order valence-corrected chi connectivity index (χ1v) is 7.75. The molecule has 1 amide bonds. The van der Waals surface area contributed by atoms with Crippen LogP contribution < -0.4 is 0 Å². The van der Waals surface area contributed by atoms with Crippen LogP contribution in [0.2, 0.25) is 0 Å². The summed E-state index contributed by atoms with van der Waals surface area (Å²) < 4.78 is 14.3. The van der Waals surface area contributed by atoms with Crippen LogP contribution in [-0.4, -0.2) is 29.8 Å². The first-order chi connectivity index (χ1) is 9.13. The highest BCUT2D eigenvalue weighted by Gasteiger charge is 2.27. The molecule has 0 aromatic heterocycles. The quantitative estimate of drug-likeness (QED) is 0.754. The van der Waals surface area contributed by atoms with Crippen molar-refractivity contribution in [1.82, 2.24) is 4.90 Å². The predicted octanol–water partition coefficient (Wildman–Crippen LogP) is 4.07. The Labute approximate surface area is 126 Å². The third-order valence-corrected chi connectivity index (χ3v) is 4.38. The number of rotatable bonds is 3. The summed E-state index contributed by atoms with van der Waals surface area (Å²) in [5.41, 5.74) is 0.133. The van der Waals surface area contributed by atoms with Crippen molar-refractivity contribution in [3.63, 3.8) is 0 Å². The lowest BCUT2D eigenvalue weighted by Gasteiger charge is -2.32. The summed E-state index contributed by atoms with van der Waals surface area (Å²) in [6, 6.07) is 4.59. The highest BCUT2D eigenvalue weighted by atomic mass is 79.9. The van der Waals surface area contributed by atoms with E-state index < -0.39 is 5.82 Å². The van der Waals surface area contributed by atoms with Gasteiger partial charge in [-0.1, -0.05) is 6.07 Å². The lowest BCUT2D eigenvalue weighted by Crippen LogP contribution is -2.40. The fourth-order valence-corrected chi connectivity index (χ4v) is 3.32. The molecule has 1 fully saturated rings. The number of halogens is 3. The number of piperidine rings is 1. The third kappa shape index (κ3) is 3.48. The first kappa shape index (κ1) is 14.8. The number of amides is 1. The Balaban J connectivity index is 2.15. The summed E-state index contributed by atoms with van der Waals surface area (Å²) in [4.78, 5) is 14.2. The van der Waals surface area contributed by atoms with Crippen molar-refractivity contribution in [1.29, 1.82) is 0 Å². The van der Waals surface area contributed by atoms with Crippen LogP contribution in [0.1, 0.15) is 29.6 Å². The Morgan fingerprint density at radius 2 is 2.32 bits per heavy atom. The van der Waals surface area contributed by atoms with Gasteiger partial charge in [-0.15, -0.1) is 11.6 Å². The summed E-state index contributed by atoms with van der Waals surface area (Å²) in [7, 11) is 0. The van der Waals surface area contributed by atoms with E-state index in [-0.39, 0.29) is 11.5 Å². The summed E-state index contributed by atoms with van der Waals surface area (Å²) >= 11 is 9.01. The Morgan fingerprint density at radius 1 is 1.53 bits per heavy atom. The van der Waals surface area contributed by atoms with E-state index in [1.807, 2.05) is 0 Å². The van der Waals surface area contributed by atoms with Gasteiger partial charge >= 0.3 is 0 Å². The number of likely N-dealkylation sites (tertiary alicyclic amines) is 1. The van der Waals surface area contributed by atoms with Crippen LogP contribution in [0, 0.1) is 11.7 Å². The molecule has 1 aromatic carbocycles. The topological polar surface area (TPSA) is 20.3 Å². The zero-order valence-electron chi connectivity index (χ0n) is 10.5. The van der Waals surface area contributed by atoms with Crippen LogP contribution in [-0.2, 0) is 0 Å². The molecular weight excluding hydrogens is 333 g/mol. The Hall–Kier alpha value is -0.610. The molecule has 1 saturated heterocycles. The first-order valence-electron chi connectivity index (χ1n) is 6.42. The summed E-state index contributed by atoms with van der Waals surface area (Å²) in [6.07, 6.45) is 2.96. The van der Waals surface area contributed by atoms with Crippen molar-refractivity contribution in [2.75, 3.05) is 19.0 Å².